The molecule has 0 saturated carbocycles. The topological polar surface area (TPSA) is 77.5 Å². The molecule has 0 spiro atoms. The fourth-order valence-corrected chi connectivity index (χ4v) is 3.31. The number of carbonyl (C=O) groups is 2. The van der Waals surface area contributed by atoms with Gasteiger partial charge in [0.25, 0.3) is 5.91 Å². The van der Waals surface area contributed by atoms with Crippen LogP contribution < -0.4 is 10.1 Å². The lowest BCUT2D eigenvalue weighted by Gasteiger charge is -2.14. The summed E-state index contributed by atoms with van der Waals surface area (Å²) in [5.41, 5.74) is 3.06. The van der Waals surface area contributed by atoms with Crippen LogP contribution in [0.4, 0.5) is 5.69 Å². The number of fused-ring (bicyclic) bond motifs is 1. The number of nitrogens with one attached hydrogen (secondary N) is 1. The highest BCUT2D eigenvalue weighted by Crippen LogP contribution is 2.28. The Balaban J connectivity index is 1.77. The molecule has 6 nitrogen and oxygen atoms in total. The van der Waals surface area contributed by atoms with Crippen molar-refractivity contribution in [1.29, 1.82) is 0 Å². The number of pyridine rings is 1. The van der Waals surface area contributed by atoms with E-state index in [0.717, 1.165) is 16.5 Å². The van der Waals surface area contributed by atoms with Gasteiger partial charge < -0.3 is 14.8 Å². The fraction of sp³-hybridized carbons (Fsp3) is 0.227. The number of benzene rings is 2. The van der Waals surface area contributed by atoms with Crippen LogP contribution in [-0.2, 0) is 16.0 Å². The average molecular weight is 413 g/mol. The van der Waals surface area contributed by atoms with E-state index in [1.165, 1.54) is 7.11 Å². The van der Waals surface area contributed by atoms with Crippen LogP contribution in [0.5, 0.6) is 5.75 Å². The van der Waals surface area contributed by atoms with Crippen molar-refractivity contribution in [3.8, 4) is 5.75 Å². The summed E-state index contributed by atoms with van der Waals surface area (Å²) in [6.45, 7) is 3.34. The number of hydrogen-bond donors (Lipinski definition) is 1. The van der Waals surface area contributed by atoms with E-state index in [9.17, 15) is 9.59 Å². The first-order valence-corrected chi connectivity index (χ1v) is 9.51. The quantitative estimate of drug-likeness (QED) is 0.600. The summed E-state index contributed by atoms with van der Waals surface area (Å²) in [7, 11) is 1.49. The Morgan fingerprint density at radius 2 is 1.93 bits per heavy atom. The molecule has 0 unspecified atom stereocenters. The van der Waals surface area contributed by atoms with Crippen LogP contribution in [0.25, 0.3) is 10.9 Å². The molecule has 3 aromatic rings. The largest absolute Gasteiger partial charge is 0.495 e. The van der Waals surface area contributed by atoms with Gasteiger partial charge >= 0.3 is 5.97 Å². The molecule has 0 aliphatic rings. The molecule has 0 radical (unpaired) electrons. The third-order valence-corrected chi connectivity index (χ3v) is 4.77. The molecule has 7 heteroatoms. The number of esters is 1. The van der Waals surface area contributed by atoms with Gasteiger partial charge in [-0.25, -0.2) is 4.79 Å². The predicted octanol–water partition coefficient (Wildman–Crippen LogP) is 4.56. The van der Waals surface area contributed by atoms with Gasteiger partial charge in [0.15, 0.2) is 6.61 Å². The third kappa shape index (κ3) is 4.49. The minimum atomic E-state index is -0.578. The fourth-order valence-electron chi connectivity index (χ4n) is 3.13. The number of methoxy groups -OCH3 is 1. The van der Waals surface area contributed by atoms with E-state index in [-0.39, 0.29) is 0 Å². The minimum Gasteiger partial charge on any atom is -0.495 e. The van der Waals surface area contributed by atoms with Crippen molar-refractivity contribution < 1.29 is 19.1 Å². The Kier molecular flexibility index (Phi) is 6.34. The predicted molar refractivity (Wildman–Crippen MR) is 113 cm³/mol. The lowest BCUT2D eigenvalue weighted by atomic mass is 10.0. The first kappa shape index (κ1) is 20.6. The minimum absolute atomic E-state index is 0.402. The van der Waals surface area contributed by atoms with Crippen molar-refractivity contribution in [3.63, 3.8) is 0 Å². The van der Waals surface area contributed by atoms with Crippen molar-refractivity contribution in [2.75, 3.05) is 19.0 Å². The van der Waals surface area contributed by atoms with Crippen LogP contribution in [0, 0.1) is 6.92 Å². The molecular formula is C22H21ClN2O4. The second kappa shape index (κ2) is 8.92. The van der Waals surface area contributed by atoms with Crippen molar-refractivity contribution in [2.45, 2.75) is 20.3 Å². The van der Waals surface area contributed by atoms with Crippen LogP contribution in [0.2, 0.25) is 5.02 Å². The molecule has 0 aliphatic heterocycles. The molecule has 0 fully saturated rings. The van der Waals surface area contributed by atoms with Crippen LogP contribution in [0.3, 0.4) is 0 Å². The van der Waals surface area contributed by atoms with Gasteiger partial charge in [-0.3, -0.25) is 9.78 Å². The highest BCUT2D eigenvalue weighted by atomic mass is 35.5. The molecule has 0 aliphatic carbocycles. The highest BCUT2D eigenvalue weighted by molar-refractivity contribution is 6.31. The van der Waals surface area contributed by atoms with Gasteiger partial charge in [0.1, 0.15) is 5.75 Å². The van der Waals surface area contributed by atoms with Crippen LogP contribution >= 0.6 is 11.6 Å². The van der Waals surface area contributed by atoms with E-state index in [0.29, 0.717) is 34.1 Å². The second-order valence-corrected chi connectivity index (χ2v) is 6.83. The van der Waals surface area contributed by atoms with E-state index in [1.54, 1.807) is 18.2 Å². The van der Waals surface area contributed by atoms with Crippen LogP contribution in [0.1, 0.15) is 28.5 Å². The zero-order chi connectivity index (χ0) is 21.0. The number of rotatable bonds is 6. The zero-order valence-electron chi connectivity index (χ0n) is 16.4. The molecular weight excluding hydrogens is 392 g/mol. The highest BCUT2D eigenvalue weighted by Gasteiger charge is 2.20. The Morgan fingerprint density at radius 1 is 1.17 bits per heavy atom. The summed E-state index contributed by atoms with van der Waals surface area (Å²) < 4.78 is 10.5. The van der Waals surface area contributed by atoms with Gasteiger partial charge in [-0.05, 0) is 43.2 Å². The SMILES string of the molecule is CCc1nc2ccccc2c(C)c1C(=O)OCC(=O)Nc1cc(Cl)ccc1OC. The normalized spacial score (nSPS) is 10.6. The molecule has 150 valence electrons. The maximum Gasteiger partial charge on any atom is 0.340 e. The average Bonchev–Trinajstić information content (AvgIpc) is 2.72. The number of ether oxygens (including phenoxy) is 2. The number of aryl methyl sites for hydroxylation is 2. The number of hydrogen-bond acceptors (Lipinski definition) is 5. The molecule has 3 rings (SSSR count). The van der Waals surface area contributed by atoms with E-state index in [4.69, 9.17) is 21.1 Å². The molecule has 0 atom stereocenters. The lowest BCUT2D eigenvalue weighted by Crippen LogP contribution is -2.22. The zero-order valence-corrected chi connectivity index (χ0v) is 17.2. The number of aromatic nitrogens is 1. The van der Waals surface area contributed by atoms with Gasteiger partial charge in [0.2, 0.25) is 0 Å². The number of halogens is 1. The standard InChI is InChI=1S/C22H21ClN2O4/c1-4-16-21(13(2)15-7-5-6-8-17(15)24-16)22(27)29-12-20(26)25-18-11-14(23)9-10-19(18)28-3/h5-11H,4,12H2,1-3H3,(H,25,26). The molecule has 0 saturated heterocycles. The van der Waals surface area contributed by atoms with Gasteiger partial charge in [-0.2, -0.15) is 0 Å². The maximum absolute atomic E-state index is 12.7. The van der Waals surface area contributed by atoms with E-state index < -0.39 is 18.5 Å². The number of nitrogens with zero attached hydrogens (tertiary/aromatic N) is 1. The van der Waals surface area contributed by atoms with E-state index in [1.807, 2.05) is 38.1 Å². The summed E-state index contributed by atoms with van der Waals surface area (Å²) in [6, 6.07) is 12.5. The van der Waals surface area contributed by atoms with Crippen LogP contribution in [-0.4, -0.2) is 30.6 Å². The van der Waals surface area contributed by atoms with Crippen LogP contribution in [0.15, 0.2) is 42.5 Å². The smallest absolute Gasteiger partial charge is 0.340 e. The first-order chi connectivity index (χ1) is 13.9. The molecule has 2 aromatic carbocycles. The van der Waals surface area contributed by atoms with Crippen molar-refractivity contribution in [3.05, 3.63) is 64.3 Å². The van der Waals surface area contributed by atoms with E-state index in [2.05, 4.69) is 10.3 Å². The third-order valence-electron chi connectivity index (χ3n) is 4.54. The lowest BCUT2D eigenvalue weighted by molar-refractivity contribution is -0.119. The van der Waals surface area contributed by atoms with Crippen molar-refractivity contribution in [2.24, 2.45) is 0 Å². The summed E-state index contributed by atoms with van der Waals surface area (Å²) >= 11 is 5.96. The molecule has 1 aromatic heterocycles. The number of para-hydroxylation sites is 1. The Bertz CT molecular complexity index is 1080. The molecule has 0 bridgehead atoms. The Hall–Kier alpha value is -3.12. The summed E-state index contributed by atoms with van der Waals surface area (Å²) in [4.78, 5) is 29.6. The summed E-state index contributed by atoms with van der Waals surface area (Å²) in [5.74, 6) is -0.619. The molecule has 1 heterocycles. The van der Waals surface area contributed by atoms with Crippen molar-refractivity contribution in [1.82, 2.24) is 4.98 Å². The van der Waals surface area contributed by atoms with Gasteiger partial charge in [-0.1, -0.05) is 36.7 Å². The van der Waals surface area contributed by atoms with Gasteiger partial charge in [0.05, 0.1) is 29.6 Å². The maximum atomic E-state index is 12.7. The number of amides is 1. The second-order valence-electron chi connectivity index (χ2n) is 6.40. The Labute approximate surface area is 173 Å². The number of carbonyl (C=O) groups excluding carboxylic acids is 2. The van der Waals surface area contributed by atoms with E-state index >= 15 is 0 Å². The number of anilines is 1. The summed E-state index contributed by atoms with van der Waals surface area (Å²) in [6.07, 6.45) is 0.571. The van der Waals surface area contributed by atoms with Gasteiger partial charge in [0, 0.05) is 10.4 Å². The van der Waals surface area contributed by atoms with Crippen molar-refractivity contribution >= 4 is 40.1 Å². The monoisotopic (exact) mass is 412 g/mol. The van der Waals surface area contributed by atoms with Gasteiger partial charge in [-0.15, -0.1) is 0 Å². The molecule has 1 N–H and O–H groups in total. The first-order valence-electron chi connectivity index (χ1n) is 9.13. The summed E-state index contributed by atoms with van der Waals surface area (Å²) in [5, 5.41) is 3.97. The Morgan fingerprint density at radius 3 is 2.66 bits per heavy atom. The molecule has 29 heavy (non-hydrogen) atoms. The molecule has 1 amide bonds.